The van der Waals surface area contributed by atoms with Gasteiger partial charge in [0.1, 0.15) is 0 Å². The third kappa shape index (κ3) is 1.99. The lowest BCUT2D eigenvalue weighted by molar-refractivity contribution is 1.12. The Bertz CT molecular complexity index is 880. The highest BCUT2D eigenvalue weighted by Gasteiger charge is 2.12. The standard InChI is InChI=1S/C18H13N3/c1-3-7-14(8-4-1)16-13-20-18-19-11-12-21(18)17(16)15-9-5-2-6-10-15/h1-13H. The zero-order chi connectivity index (χ0) is 14.1. The van der Waals surface area contributed by atoms with Crippen molar-refractivity contribution in [2.75, 3.05) is 0 Å². The Morgan fingerprint density at radius 1 is 0.714 bits per heavy atom. The first kappa shape index (κ1) is 11.9. The van der Waals surface area contributed by atoms with Crippen LogP contribution in [0.5, 0.6) is 0 Å². The van der Waals surface area contributed by atoms with Gasteiger partial charge in [-0.05, 0) is 11.1 Å². The molecule has 0 atom stereocenters. The maximum absolute atomic E-state index is 4.46. The number of imidazole rings is 1. The van der Waals surface area contributed by atoms with Crippen molar-refractivity contribution in [1.29, 1.82) is 0 Å². The molecule has 0 amide bonds. The molecule has 21 heavy (non-hydrogen) atoms. The van der Waals surface area contributed by atoms with Gasteiger partial charge in [0.05, 0.1) is 5.69 Å². The molecule has 3 heteroatoms. The van der Waals surface area contributed by atoms with E-state index in [1.165, 1.54) is 0 Å². The Labute approximate surface area is 122 Å². The molecule has 0 aliphatic heterocycles. The minimum Gasteiger partial charge on any atom is -0.283 e. The Kier molecular flexibility index (Phi) is 2.75. The van der Waals surface area contributed by atoms with E-state index < -0.39 is 0 Å². The number of hydrogen-bond donors (Lipinski definition) is 0. The van der Waals surface area contributed by atoms with Crippen molar-refractivity contribution in [1.82, 2.24) is 14.4 Å². The molecular weight excluding hydrogens is 258 g/mol. The summed E-state index contributed by atoms with van der Waals surface area (Å²) < 4.78 is 2.04. The van der Waals surface area contributed by atoms with Crippen LogP contribution in [0.15, 0.2) is 79.3 Å². The van der Waals surface area contributed by atoms with E-state index in [2.05, 4.69) is 34.2 Å². The molecule has 0 unspecified atom stereocenters. The summed E-state index contributed by atoms with van der Waals surface area (Å²) >= 11 is 0. The Hall–Kier alpha value is -2.94. The molecule has 0 saturated carbocycles. The summed E-state index contributed by atoms with van der Waals surface area (Å²) in [6, 6.07) is 20.7. The molecule has 0 aliphatic rings. The highest BCUT2D eigenvalue weighted by Crippen LogP contribution is 2.31. The van der Waals surface area contributed by atoms with Gasteiger partial charge in [0.2, 0.25) is 5.78 Å². The van der Waals surface area contributed by atoms with Crippen LogP contribution in [0.25, 0.3) is 28.2 Å². The number of fused-ring (bicyclic) bond motifs is 1. The Balaban J connectivity index is 2.08. The van der Waals surface area contributed by atoms with Crippen molar-refractivity contribution in [2.45, 2.75) is 0 Å². The monoisotopic (exact) mass is 271 g/mol. The lowest BCUT2D eigenvalue weighted by Gasteiger charge is -2.12. The maximum Gasteiger partial charge on any atom is 0.234 e. The minimum atomic E-state index is 0.716. The summed E-state index contributed by atoms with van der Waals surface area (Å²) in [6.07, 6.45) is 5.64. The minimum absolute atomic E-state index is 0.716. The van der Waals surface area contributed by atoms with E-state index in [4.69, 9.17) is 0 Å². The largest absolute Gasteiger partial charge is 0.283 e. The molecule has 0 saturated heterocycles. The van der Waals surface area contributed by atoms with Crippen molar-refractivity contribution < 1.29 is 0 Å². The molecule has 2 heterocycles. The van der Waals surface area contributed by atoms with Crippen LogP contribution in [0.1, 0.15) is 0 Å². The predicted molar refractivity (Wildman–Crippen MR) is 83.9 cm³/mol. The molecule has 0 N–H and O–H groups in total. The van der Waals surface area contributed by atoms with E-state index in [0.717, 1.165) is 22.4 Å². The SMILES string of the molecule is c1ccc(-c2cnc3nccn3c2-c2ccccc2)cc1. The van der Waals surface area contributed by atoms with Crippen molar-refractivity contribution in [2.24, 2.45) is 0 Å². The average Bonchev–Trinajstić information content (AvgIpc) is 3.04. The van der Waals surface area contributed by atoms with Gasteiger partial charge < -0.3 is 0 Å². The lowest BCUT2D eigenvalue weighted by atomic mass is 10.0. The number of aromatic nitrogens is 3. The zero-order valence-electron chi connectivity index (χ0n) is 11.3. The van der Waals surface area contributed by atoms with Crippen LogP contribution in [0.3, 0.4) is 0 Å². The number of nitrogens with zero attached hydrogens (tertiary/aromatic N) is 3. The third-order valence-electron chi connectivity index (χ3n) is 3.56. The molecule has 0 bridgehead atoms. The summed E-state index contributed by atoms with van der Waals surface area (Å²) in [6.45, 7) is 0. The molecule has 2 aromatic carbocycles. The first-order chi connectivity index (χ1) is 10.4. The molecule has 100 valence electrons. The van der Waals surface area contributed by atoms with Gasteiger partial charge in [-0.15, -0.1) is 0 Å². The third-order valence-corrected chi connectivity index (χ3v) is 3.56. The van der Waals surface area contributed by atoms with E-state index >= 15 is 0 Å². The van der Waals surface area contributed by atoms with Crippen LogP contribution < -0.4 is 0 Å². The second-order valence-corrected chi connectivity index (χ2v) is 4.85. The van der Waals surface area contributed by atoms with Crippen molar-refractivity contribution in [3.63, 3.8) is 0 Å². The first-order valence-corrected chi connectivity index (χ1v) is 6.86. The second-order valence-electron chi connectivity index (χ2n) is 4.85. The van der Waals surface area contributed by atoms with Crippen molar-refractivity contribution >= 4 is 5.78 Å². The molecule has 0 spiro atoms. The fraction of sp³-hybridized carbons (Fsp3) is 0. The maximum atomic E-state index is 4.46. The van der Waals surface area contributed by atoms with Gasteiger partial charge in [-0.3, -0.25) is 4.40 Å². The van der Waals surface area contributed by atoms with Gasteiger partial charge in [-0.1, -0.05) is 60.7 Å². The first-order valence-electron chi connectivity index (χ1n) is 6.86. The Morgan fingerprint density at radius 2 is 1.38 bits per heavy atom. The molecule has 2 aromatic heterocycles. The van der Waals surface area contributed by atoms with E-state index in [1.54, 1.807) is 6.20 Å². The molecule has 0 radical (unpaired) electrons. The molecule has 4 rings (SSSR count). The van der Waals surface area contributed by atoms with Crippen LogP contribution in [0.4, 0.5) is 0 Å². The predicted octanol–water partition coefficient (Wildman–Crippen LogP) is 4.06. The van der Waals surface area contributed by atoms with Gasteiger partial charge in [-0.2, -0.15) is 0 Å². The van der Waals surface area contributed by atoms with Gasteiger partial charge in [0.25, 0.3) is 0 Å². The number of rotatable bonds is 2. The Morgan fingerprint density at radius 3 is 2.10 bits per heavy atom. The van der Waals surface area contributed by atoms with Crippen molar-refractivity contribution in [3.8, 4) is 22.4 Å². The van der Waals surface area contributed by atoms with Gasteiger partial charge in [0, 0.05) is 24.2 Å². The summed E-state index contributed by atoms with van der Waals surface area (Å²) in [7, 11) is 0. The smallest absolute Gasteiger partial charge is 0.234 e. The van der Waals surface area contributed by atoms with Crippen LogP contribution in [-0.2, 0) is 0 Å². The molecule has 3 nitrogen and oxygen atoms in total. The molecule has 4 aromatic rings. The summed E-state index contributed by atoms with van der Waals surface area (Å²) in [5.74, 6) is 0.716. The van der Waals surface area contributed by atoms with E-state index in [0.29, 0.717) is 5.78 Å². The summed E-state index contributed by atoms with van der Waals surface area (Å²) in [5.41, 5.74) is 4.53. The zero-order valence-corrected chi connectivity index (χ0v) is 11.3. The molecule has 0 fully saturated rings. The number of benzene rings is 2. The van der Waals surface area contributed by atoms with Crippen LogP contribution >= 0.6 is 0 Å². The van der Waals surface area contributed by atoms with Crippen molar-refractivity contribution in [3.05, 3.63) is 79.3 Å². The summed E-state index contributed by atoms with van der Waals surface area (Å²) in [4.78, 5) is 8.75. The van der Waals surface area contributed by atoms with Crippen LogP contribution in [0, 0.1) is 0 Å². The normalized spacial score (nSPS) is 10.9. The van der Waals surface area contributed by atoms with E-state index in [-0.39, 0.29) is 0 Å². The fourth-order valence-corrected chi connectivity index (χ4v) is 2.60. The highest BCUT2D eigenvalue weighted by atomic mass is 15.1. The van der Waals surface area contributed by atoms with Gasteiger partial charge in [0.15, 0.2) is 0 Å². The summed E-state index contributed by atoms with van der Waals surface area (Å²) in [5, 5.41) is 0. The fourth-order valence-electron chi connectivity index (χ4n) is 2.60. The topological polar surface area (TPSA) is 30.2 Å². The highest BCUT2D eigenvalue weighted by molar-refractivity contribution is 5.81. The number of hydrogen-bond acceptors (Lipinski definition) is 2. The quantitative estimate of drug-likeness (QED) is 0.550. The molecular formula is C18H13N3. The molecule has 0 aliphatic carbocycles. The lowest BCUT2D eigenvalue weighted by Crippen LogP contribution is -1.97. The van der Waals surface area contributed by atoms with Crippen LogP contribution in [-0.4, -0.2) is 14.4 Å². The van der Waals surface area contributed by atoms with E-state index in [1.807, 2.05) is 53.2 Å². The average molecular weight is 271 g/mol. The van der Waals surface area contributed by atoms with Crippen LogP contribution in [0.2, 0.25) is 0 Å². The van der Waals surface area contributed by atoms with Gasteiger partial charge >= 0.3 is 0 Å². The van der Waals surface area contributed by atoms with Gasteiger partial charge in [-0.25, -0.2) is 9.97 Å². The van der Waals surface area contributed by atoms with E-state index in [9.17, 15) is 0 Å². The second kappa shape index (κ2) is 4.87.